The van der Waals surface area contributed by atoms with Crippen LogP contribution in [0.5, 0.6) is 5.75 Å². The van der Waals surface area contributed by atoms with Crippen LogP contribution in [0, 0.1) is 13.8 Å². The number of hydroxylamine groups is 1. The highest BCUT2D eigenvalue weighted by Crippen LogP contribution is 2.17. The van der Waals surface area contributed by atoms with Crippen LogP contribution in [0.2, 0.25) is 0 Å². The highest BCUT2D eigenvalue weighted by molar-refractivity contribution is 5.93. The molecule has 1 heterocycles. The molecule has 0 aliphatic carbocycles. The van der Waals surface area contributed by atoms with Crippen molar-refractivity contribution in [3.63, 3.8) is 0 Å². The summed E-state index contributed by atoms with van der Waals surface area (Å²) in [5.41, 5.74) is 4.27. The second-order valence-corrected chi connectivity index (χ2v) is 5.01. The maximum Gasteiger partial charge on any atom is 0.274 e. The van der Waals surface area contributed by atoms with E-state index in [0.717, 1.165) is 17.0 Å². The summed E-state index contributed by atoms with van der Waals surface area (Å²) >= 11 is 0. The Hall–Kier alpha value is -2.87. The average molecular weight is 333 g/mol. The predicted octanol–water partition coefficient (Wildman–Crippen LogP) is 1.28. The number of hydrogen-bond donors (Lipinski definition) is 2. The fourth-order valence-corrected chi connectivity index (χ4v) is 1.86. The lowest BCUT2D eigenvalue weighted by Gasteiger charge is -2.08. The van der Waals surface area contributed by atoms with Gasteiger partial charge in [0.05, 0.1) is 11.3 Å². The summed E-state index contributed by atoms with van der Waals surface area (Å²) in [6, 6.07) is 6.54. The van der Waals surface area contributed by atoms with Gasteiger partial charge in [0.25, 0.3) is 5.91 Å². The molecule has 0 aliphatic rings. The Labute approximate surface area is 139 Å². The Morgan fingerprint density at radius 1 is 1.21 bits per heavy atom. The van der Waals surface area contributed by atoms with E-state index in [1.165, 1.54) is 7.05 Å². The highest BCUT2D eigenvalue weighted by Gasteiger charge is 2.10. The number of nitrogens with one attached hydrogen (secondary N) is 2. The first-order chi connectivity index (χ1) is 11.5. The van der Waals surface area contributed by atoms with Crippen molar-refractivity contribution in [2.45, 2.75) is 20.5 Å². The fourth-order valence-electron chi connectivity index (χ4n) is 1.86. The number of carbonyl (C=O) groups excluding carboxylic acids is 2. The molecular formula is C16H19N3O5. The van der Waals surface area contributed by atoms with Crippen LogP contribution in [0.3, 0.4) is 0 Å². The smallest absolute Gasteiger partial charge is 0.274 e. The number of aromatic nitrogens is 1. The van der Waals surface area contributed by atoms with Crippen molar-refractivity contribution < 1.29 is 23.7 Å². The van der Waals surface area contributed by atoms with Crippen molar-refractivity contribution in [3.8, 4) is 5.75 Å². The van der Waals surface area contributed by atoms with Gasteiger partial charge in [0.1, 0.15) is 18.1 Å². The van der Waals surface area contributed by atoms with Gasteiger partial charge < -0.3 is 14.6 Å². The summed E-state index contributed by atoms with van der Waals surface area (Å²) in [6.07, 6.45) is 0. The molecule has 0 radical (unpaired) electrons. The molecule has 128 valence electrons. The molecular weight excluding hydrogens is 314 g/mol. The van der Waals surface area contributed by atoms with Crippen LogP contribution < -0.4 is 15.5 Å². The number of aryl methyl sites for hydroxylation is 2. The lowest BCUT2D eigenvalue weighted by Crippen LogP contribution is -2.31. The van der Waals surface area contributed by atoms with E-state index >= 15 is 0 Å². The zero-order valence-electron chi connectivity index (χ0n) is 13.7. The van der Waals surface area contributed by atoms with E-state index < -0.39 is 5.91 Å². The van der Waals surface area contributed by atoms with Crippen molar-refractivity contribution in [2.75, 3.05) is 13.7 Å². The first kappa shape index (κ1) is 17.5. The van der Waals surface area contributed by atoms with Gasteiger partial charge in [-0.15, -0.1) is 0 Å². The highest BCUT2D eigenvalue weighted by atomic mass is 16.7. The zero-order valence-corrected chi connectivity index (χ0v) is 13.7. The first-order valence-electron chi connectivity index (χ1n) is 7.28. The Morgan fingerprint density at radius 2 is 1.92 bits per heavy atom. The third kappa shape index (κ3) is 4.56. The average Bonchev–Trinajstić information content (AvgIpc) is 2.91. The molecule has 0 aliphatic heterocycles. The molecule has 2 N–H and O–H groups in total. The van der Waals surface area contributed by atoms with Crippen molar-refractivity contribution >= 4 is 11.8 Å². The summed E-state index contributed by atoms with van der Waals surface area (Å²) in [5.74, 6) is 0.545. The van der Waals surface area contributed by atoms with Gasteiger partial charge in [0.2, 0.25) is 5.91 Å². The number of likely N-dealkylation sites (N-methyl/N-ethyl adjacent to an activating group) is 1. The van der Waals surface area contributed by atoms with E-state index in [1.54, 1.807) is 24.3 Å². The maximum absolute atomic E-state index is 11.8. The van der Waals surface area contributed by atoms with E-state index in [9.17, 15) is 9.59 Å². The lowest BCUT2D eigenvalue weighted by molar-refractivity contribution is -0.126. The third-order valence-electron chi connectivity index (χ3n) is 3.33. The van der Waals surface area contributed by atoms with Gasteiger partial charge in [-0.3, -0.25) is 14.4 Å². The molecule has 1 aromatic heterocycles. The molecule has 0 atom stereocenters. The SMILES string of the molecule is CNC(=O)CONC(=O)c1ccc(OCc2c(C)noc2C)cc1. The number of carbonyl (C=O) groups is 2. The van der Waals surface area contributed by atoms with E-state index in [1.807, 2.05) is 13.8 Å². The van der Waals surface area contributed by atoms with Crippen LogP contribution in [-0.2, 0) is 16.2 Å². The molecule has 0 unspecified atom stereocenters. The molecule has 1 aromatic carbocycles. The van der Waals surface area contributed by atoms with Crippen LogP contribution in [0.25, 0.3) is 0 Å². The molecule has 0 bridgehead atoms. The molecule has 0 saturated carbocycles. The normalized spacial score (nSPS) is 10.3. The Kier molecular flexibility index (Phi) is 5.91. The minimum Gasteiger partial charge on any atom is -0.489 e. The van der Waals surface area contributed by atoms with Gasteiger partial charge in [-0.1, -0.05) is 5.16 Å². The topological polar surface area (TPSA) is 103 Å². The fraction of sp³-hybridized carbons (Fsp3) is 0.312. The quantitative estimate of drug-likeness (QED) is 0.740. The number of nitrogens with zero attached hydrogens (tertiary/aromatic N) is 1. The molecule has 0 spiro atoms. The Bertz CT molecular complexity index is 690. The zero-order chi connectivity index (χ0) is 17.5. The Morgan fingerprint density at radius 3 is 2.50 bits per heavy atom. The van der Waals surface area contributed by atoms with Crippen LogP contribution in [0.15, 0.2) is 28.8 Å². The predicted molar refractivity (Wildman–Crippen MR) is 84.2 cm³/mol. The molecule has 0 fully saturated rings. The maximum atomic E-state index is 11.8. The minimum atomic E-state index is -0.448. The van der Waals surface area contributed by atoms with Gasteiger partial charge >= 0.3 is 0 Å². The summed E-state index contributed by atoms with van der Waals surface area (Å²) in [7, 11) is 1.48. The van der Waals surface area contributed by atoms with Crippen molar-refractivity contribution in [3.05, 3.63) is 46.8 Å². The summed E-state index contributed by atoms with van der Waals surface area (Å²) in [5, 5.41) is 6.24. The number of benzene rings is 1. The van der Waals surface area contributed by atoms with Gasteiger partial charge in [0, 0.05) is 12.6 Å². The number of rotatable bonds is 7. The number of hydrogen-bond acceptors (Lipinski definition) is 6. The molecule has 2 aromatic rings. The van der Waals surface area contributed by atoms with Gasteiger partial charge in [0.15, 0.2) is 6.61 Å². The van der Waals surface area contributed by atoms with E-state index in [4.69, 9.17) is 14.1 Å². The lowest BCUT2D eigenvalue weighted by atomic mass is 10.2. The van der Waals surface area contributed by atoms with Crippen molar-refractivity contribution in [1.82, 2.24) is 16.0 Å². The molecule has 24 heavy (non-hydrogen) atoms. The van der Waals surface area contributed by atoms with Crippen LogP contribution in [0.4, 0.5) is 0 Å². The van der Waals surface area contributed by atoms with Crippen molar-refractivity contribution in [2.24, 2.45) is 0 Å². The van der Waals surface area contributed by atoms with Crippen LogP contribution in [0.1, 0.15) is 27.4 Å². The van der Waals surface area contributed by atoms with Crippen LogP contribution in [-0.4, -0.2) is 30.6 Å². The molecule has 8 heteroatoms. The number of ether oxygens (including phenoxy) is 1. The van der Waals surface area contributed by atoms with Gasteiger partial charge in [-0.05, 0) is 38.1 Å². The summed E-state index contributed by atoms with van der Waals surface area (Å²) in [4.78, 5) is 27.6. The summed E-state index contributed by atoms with van der Waals surface area (Å²) in [6.45, 7) is 3.76. The third-order valence-corrected chi connectivity index (χ3v) is 3.33. The Balaban J connectivity index is 1.86. The molecule has 8 nitrogen and oxygen atoms in total. The standard InChI is InChI=1S/C16H19N3O5/c1-10-14(11(2)24-18-10)8-22-13-6-4-12(5-7-13)16(21)19-23-9-15(20)17-3/h4-7H,8-9H2,1-3H3,(H,17,20)(H,19,21). The second kappa shape index (κ2) is 8.11. The molecule has 2 amide bonds. The summed E-state index contributed by atoms with van der Waals surface area (Å²) < 4.78 is 10.7. The van der Waals surface area contributed by atoms with Gasteiger partial charge in [-0.25, -0.2) is 5.48 Å². The number of amides is 2. The van der Waals surface area contributed by atoms with Crippen molar-refractivity contribution in [1.29, 1.82) is 0 Å². The minimum absolute atomic E-state index is 0.249. The van der Waals surface area contributed by atoms with Gasteiger partial charge in [-0.2, -0.15) is 0 Å². The largest absolute Gasteiger partial charge is 0.489 e. The van der Waals surface area contributed by atoms with E-state index in [-0.39, 0.29) is 12.5 Å². The van der Waals surface area contributed by atoms with E-state index in [2.05, 4.69) is 16.0 Å². The second-order valence-electron chi connectivity index (χ2n) is 5.01. The van der Waals surface area contributed by atoms with E-state index in [0.29, 0.717) is 17.9 Å². The monoisotopic (exact) mass is 333 g/mol. The molecule has 0 saturated heterocycles. The first-order valence-corrected chi connectivity index (χ1v) is 7.28. The molecule has 2 rings (SSSR count). The van der Waals surface area contributed by atoms with Crippen LogP contribution >= 0.6 is 0 Å².